The van der Waals surface area contributed by atoms with Gasteiger partial charge in [0, 0.05) is 17.4 Å². The van der Waals surface area contributed by atoms with Crippen molar-refractivity contribution >= 4 is 23.5 Å². The number of allylic oxidation sites excluding steroid dienone is 1. The summed E-state index contributed by atoms with van der Waals surface area (Å²) in [5, 5.41) is 14.2. The molecule has 0 saturated heterocycles. The van der Waals surface area contributed by atoms with Crippen LogP contribution >= 0.6 is 11.6 Å². The SMILES string of the molecule is C=CCc1ccc(OCC(=O)N[C@H](CC(=O)[O-])c2ccc(Cl)cc2)c(OC)c1. The molecule has 0 aromatic heterocycles. The van der Waals surface area contributed by atoms with Gasteiger partial charge >= 0.3 is 0 Å². The van der Waals surface area contributed by atoms with Crippen molar-refractivity contribution in [3.8, 4) is 11.5 Å². The summed E-state index contributed by atoms with van der Waals surface area (Å²) < 4.78 is 10.8. The van der Waals surface area contributed by atoms with E-state index in [4.69, 9.17) is 21.1 Å². The minimum Gasteiger partial charge on any atom is -0.550 e. The van der Waals surface area contributed by atoms with Gasteiger partial charge in [-0.15, -0.1) is 6.58 Å². The molecule has 0 radical (unpaired) electrons. The number of carbonyl (C=O) groups excluding carboxylic acids is 2. The molecule has 148 valence electrons. The second-order valence-corrected chi connectivity index (χ2v) is 6.45. The van der Waals surface area contributed by atoms with Gasteiger partial charge in [-0.25, -0.2) is 0 Å². The highest BCUT2D eigenvalue weighted by Crippen LogP contribution is 2.28. The molecule has 1 atom stereocenters. The molecule has 0 aliphatic heterocycles. The Labute approximate surface area is 168 Å². The van der Waals surface area contributed by atoms with Crippen LogP contribution in [0.15, 0.2) is 55.1 Å². The molecular formula is C21H21ClNO5-. The Balaban J connectivity index is 2.03. The fourth-order valence-electron chi connectivity index (χ4n) is 2.62. The first kappa shape index (κ1) is 21.3. The lowest BCUT2D eigenvalue weighted by Crippen LogP contribution is -2.36. The first-order chi connectivity index (χ1) is 13.4. The van der Waals surface area contributed by atoms with Crippen LogP contribution in [-0.4, -0.2) is 25.6 Å². The number of aliphatic carboxylic acids is 1. The van der Waals surface area contributed by atoms with E-state index in [0.717, 1.165) is 5.56 Å². The molecule has 1 N–H and O–H groups in total. The number of benzene rings is 2. The van der Waals surface area contributed by atoms with Crippen molar-refractivity contribution in [3.63, 3.8) is 0 Å². The number of rotatable bonds is 10. The second kappa shape index (κ2) is 10.4. The maximum Gasteiger partial charge on any atom is 0.258 e. The standard InChI is InChI=1S/C21H22ClNO5/c1-3-4-14-5-10-18(19(11-14)27-2)28-13-20(24)23-17(12-21(25)26)15-6-8-16(22)9-7-15/h3,5-11,17H,1,4,12-13H2,2H3,(H,23,24)(H,25,26)/p-1/t17-/m1/s1. The van der Waals surface area contributed by atoms with Crippen molar-refractivity contribution in [2.75, 3.05) is 13.7 Å². The van der Waals surface area contributed by atoms with Gasteiger partial charge in [0.25, 0.3) is 5.91 Å². The van der Waals surface area contributed by atoms with Crippen molar-refractivity contribution in [3.05, 3.63) is 71.3 Å². The Kier molecular flexibility index (Phi) is 7.89. The van der Waals surface area contributed by atoms with Gasteiger partial charge in [-0.3, -0.25) is 4.79 Å². The number of amides is 1. The molecule has 6 nitrogen and oxygen atoms in total. The molecule has 0 bridgehead atoms. The van der Waals surface area contributed by atoms with Crippen LogP contribution in [0.3, 0.4) is 0 Å². The molecule has 0 fully saturated rings. The van der Waals surface area contributed by atoms with Gasteiger partial charge in [0.15, 0.2) is 18.1 Å². The third-order valence-electron chi connectivity index (χ3n) is 3.95. The number of carbonyl (C=O) groups is 2. The number of carboxylic acids is 1. The third-order valence-corrected chi connectivity index (χ3v) is 4.20. The summed E-state index contributed by atoms with van der Waals surface area (Å²) in [5.41, 5.74) is 1.61. The molecule has 0 spiro atoms. The number of halogens is 1. The number of hydrogen-bond donors (Lipinski definition) is 1. The summed E-state index contributed by atoms with van der Waals surface area (Å²) in [6, 6.07) is 11.2. The summed E-state index contributed by atoms with van der Waals surface area (Å²) in [6.45, 7) is 3.40. The largest absolute Gasteiger partial charge is 0.550 e. The quantitative estimate of drug-likeness (QED) is 0.617. The van der Waals surface area contributed by atoms with Crippen molar-refractivity contribution in [2.45, 2.75) is 18.9 Å². The van der Waals surface area contributed by atoms with Gasteiger partial charge in [-0.2, -0.15) is 0 Å². The highest BCUT2D eigenvalue weighted by molar-refractivity contribution is 6.30. The van der Waals surface area contributed by atoms with Crippen LogP contribution in [0.4, 0.5) is 0 Å². The Bertz CT molecular complexity index is 835. The van der Waals surface area contributed by atoms with Crippen LogP contribution in [0.1, 0.15) is 23.6 Å². The molecule has 0 aliphatic rings. The molecular weight excluding hydrogens is 382 g/mol. The lowest BCUT2D eigenvalue weighted by Gasteiger charge is -2.20. The van der Waals surface area contributed by atoms with E-state index in [1.807, 2.05) is 12.1 Å². The predicted octanol–water partition coefficient (Wildman–Crippen LogP) is 2.45. The lowest BCUT2D eigenvalue weighted by molar-refractivity contribution is -0.306. The predicted molar refractivity (Wildman–Crippen MR) is 104 cm³/mol. The molecule has 0 unspecified atom stereocenters. The Morgan fingerprint density at radius 3 is 2.54 bits per heavy atom. The van der Waals surface area contributed by atoms with E-state index in [2.05, 4.69) is 11.9 Å². The van der Waals surface area contributed by atoms with Crippen molar-refractivity contribution < 1.29 is 24.2 Å². The molecule has 1 amide bonds. The summed E-state index contributed by atoms with van der Waals surface area (Å²) in [4.78, 5) is 23.3. The van der Waals surface area contributed by atoms with E-state index in [9.17, 15) is 14.7 Å². The van der Waals surface area contributed by atoms with Crippen LogP contribution in [0, 0.1) is 0 Å². The summed E-state index contributed by atoms with van der Waals surface area (Å²) in [6.07, 6.45) is 2.09. The smallest absolute Gasteiger partial charge is 0.258 e. The summed E-state index contributed by atoms with van der Waals surface area (Å²) >= 11 is 5.85. The molecule has 2 aromatic rings. The van der Waals surface area contributed by atoms with Crippen molar-refractivity contribution in [1.29, 1.82) is 0 Å². The number of carboxylic acid groups (broad SMARTS) is 1. The Morgan fingerprint density at radius 2 is 1.93 bits per heavy atom. The highest BCUT2D eigenvalue weighted by Gasteiger charge is 2.16. The second-order valence-electron chi connectivity index (χ2n) is 6.01. The van der Waals surface area contributed by atoms with Crippen molar-refractivity contribution in [1.82, 2.24) is 5.32 Å². The maximum atomic E-state index is 12.3. The van der Waals surface area contributed by atoms with Gasteiger partial charge in [-0.05, 0) is 41.8 Å². The molecule has 0 saturated carbocycles. The number of nitrogens with one attached hydrogen (secondary N) is 1. The molecule has 2 rings (SSSR count). The van der Waals surface area contributed by atoms with E-state index >= 15 is 0 Å². The lowest BCUT2D eigenvalue weighted by atomic mass is 10.0. The van der Waals surface area contributed by atoms with Crippen LogP contribution < -0.4 is 19.9 Å². The molecule has 7 heteroatoms. The van der Waals surface area contributed by atoms with E-state index < -0.39 is 17.9 Å². The van der Waals surface area contributed by atoms with Crippen LogP contribution in [-0.2, 0) is 16.0 Å². The minimum atomic E-state index is -1.28. The third kappa shape index (κ3) is 6.32. The van der Waals surface area contributed by atoms with Gasteiger partial charge in [0.1, 0.15) is 0 Å². The first-order valence-corrected chi connectivity index (χ1v) is 8.96. The molecule has 0 aliphatic carbocycles. The molecule has 0 heterocycles. The summed E-state index contributed by atoms with van der Waals surface area (Å²) in [7, 11) is 1.51. The topological polar surface area (TPSA) is 87.7 Å². The fraction of sp³-hybridized carbons (Fsp3) is 0.238. The van der Waals surface area contributed by atoms with E-state index in [1.54, 1.807) is 36.4 Å². The average Bonchev–Trinajstić information content (AvgIpc) is 2.66. The van der Waals surface area contributed by atoms with Crippen LogP contribution in [0.25, 0.3) is 0 Å². The van der Waals surface area contributed by atoms with Gasteiger partial charge in [-0.1, -0.05) is 35.9 Å². The van der Waals surface area contributed by atoms with Gasteiger partial charge in [0.2, 0.25) is 0 Å². The zero-order valence-electron chi connectivity index (χ0n) is 15.4. The number of hydrogen-bond acceptors (Lipinski definition) is 5. The first-order valence-electron chi connectivity index (χ1n) is 8.58. The van der Waals surface area contributed by atoms with E-state index in [1.165, 1.54) is 7.11 Å². The monoisotopic (exact) mass is 402 g/mol. The number of ether oxygens (including phenoxy) is 2. The van der Waals surface area contributed by atoms with Crippen LogP contribution in [0.2, 0.25) is 5.02 Å². The highest BCUT2D eigenvalue weighted by atomic mass is 35.5. The molecule has 28 heavy (non-hydrogen) atoms. The van der Waals surface area contributed by atoms with E-state index in [-0.39, 0.29) is 13.0 Å². The Hall–Kier alpha value is -2.99. The van der Waals surface area contributed by atoms with Crippen LogP contribution in [0.5, 0.6) is 11.5 Å². The Morgan fingerprint density at radius 1 is 1.21 bits per heavy atom. The van der Waals surface area contributed by atoms with Crippen molar-refractivity contribution in [2.24, 2.45) is 0 Å². The van der Waals surface area contributed by atoms with Gasteiger partial charge in [0.05, 0.1) is 13.2 Å². The fourth-order valence-corrected chi connectivity index (χ4v) is 2.74. The minimum absolute atomic E-state index is 0.297. The zero-order chi connectivity index (χ0) is 20.5. The zero-order valence-corrected chi connectivity index (χ0v) is 16.2. The molecule has 2 aromatic carbocycles. The van der Waals surface area contributed by atoms with E-state index in [0.29, 0.717) is 28.5 Å². The normalized spacial score (nSPS) is 11.4. The maximum absolute atomic E-state index is 12.3. The van der Waals surface area contributed by atoms with Gasteiger partial charge < -0.3 is 24.7 Å². The average molecular weight is 403 g/mol. The summed E-state index contributed by atoms with van der Waals surface area (Å²) in [5.74, 6) is -0.844. The number of methoxy groups -OCH3 is 1.